The monoisotopic (exact) mass is 398 g/mol. The number of ether oxygens (including phenoxy) is 1. The van der Waals surface area contributed by atoms with Crippen LogP contribution < -0.4 is 0 Å². The molecule has 27 heavy (non-hydrogen) atoms. The quantitative estimate of drug-likeness (QED) is 0.564. The molecule has 1 atom stereocenters. The summed E-state index contributed by atoms with van der Waals surface area (Å²) >= 11 is 0. The minimum atomic E-state index is -3.33. The van der Waals surface area contributed by atoms with E-state index >= 15 is 0 Å². The summed E-state index contributed by atoms with van der Waals surface area (Å²) in [6, 6.07) is 0.591. The molecule has 1 aromatic rings. The first-order valence-electron chi connectivity index (χ1n) is 10.2. The van der Waals surface area contributed by atoms with E-state index in [9.17, 15) is 8.42 Å². The second-order valence-electron chi connectivity index (χ2n) is 7.80. The van der Waals surface area contributed by atoms with Gasteiger partial charge in [0.15, 0.2) is 0 Å². The topological polar surface area (TPSA) is 67.7 Å². The van der Waals surface area contributed by atoms with Gasteiger partial charge in [-0.25, -0.2) is 13.4 Å². The maximum atomic E-state index is 12.8. The van der Waals surface area contributed by atoms with Gasteiger partial charge >= 0.3 is 0 Å². The Labute approximate surface area is 163 Å². The molecule has 0 radical (unpaired) electrons. The first-order valence-corrected chi connectivity index (χ1v) is 11.9. The number of aromatic nitrogens is 2. The number of likely N-dealkylation sites (N-methyl/N-ethyl adjacent to an activating group) is 1. The molecule has 0 aromatic carbocycles. The van der Waals surface area contributed by atoms with Crippen LogP contribution in [0.1, 0.15) is 38.8 Å². The number of hydrogen-bond acceptors (Lipinski definition) is 6. The third-order valence-corrected chi connectivity index (χ3v) is 7.61. The molecule has 1 aliphatic carbocycles. The average molecular weight is 399 g/mol. The molecule has 0 unspecified atom stereocenters. The van der Waals surface area contributed by atoms with Crippen molar-refractivity contribution in [2.75, 3.05) is 45.6 Å². The summed E-state index contributed by atoms with van der Waals surface area (Å²) in [7, 11) is -1.69. The minimum absolute atomic E-state index is 0.223. The van der Waals surface area contributed by atoms with Gasteiger partial charge in [0.25, 0.3) is 0 Å². The molecule has 2 fully saturated rings. The zero-order chi connectivity index (χ0) is 19.4. The average Bonchev–Trinajstić information content (AvgIpc) is 3.16. The van der Waals surface area contributed by atoms with E-state index in [2.05, 4.69) is 28.6 Å². The van der Waals surface area contributed by atoms with Crippen molar-refractivity contribution >= 4 is 9.84 Å². The number of hydrogen-bond donors (Lipinski definition) is 0. The summed E-state index contributed by atoms with van der Waals surface area (Å²) < 4.78 is 32.7. The second kappa shape index (κ2) is 9.03. The Morgan fingerprint density at radius 2 is 2.00 bits per heavy atom. The van der Waals surface area contributed by atoms with Gasteiger partial charge in [0, 0.05) is 39.3 Å². The van der Waals surface area contributed by atoms with Crippen LogP contribution in [0.25, 0.3) is 0 Å². The van der Waals surface area contributed by atoms with E-state index in [1.54, 1.807) is 13.3 Å². The Morgan fingerprint density at radius 1 is 1.26 bits per heavy atom. The summed E-state index contributed by atoms with van der Waals surface area (Å²) in [5.41, 5.74) is 0.974. The number of sulfone groups is 1. The van der Waals surface area contributed by atoms with E-state index in [1.165, 1.54) is 6.42 Å². The molecule has 0 bridgehead atoms. The lowest BCUT2D eigenvalue weighted by molar-refractivity contribution is 0.180. The second-order valence-corrected chi connectivity index (χ2v) is 9.73. The van der Waals surface area contributed by atoms with Gasteiger partial charge < -0.3 is 9.30 Å². The van der Waals surface area contributed by atoms with E-state index in [-0.39, 0.29) is 10.9 Å². The molecule has 1 aromatic heterocycles. The van der Waals surface area contributed by atoms with E-state index in [0.717, 1.165) is 51.3 Å². The van der Waals surface area contributed by atoms with Gasteiger partial charge in [-0.15, -0.1) is 0 Å². The Kier molecular flexibility index (Phi) is 6.94. The minimum Gasteiger partial charge on any atom is -0.383 e. The van der Waals surface area contributed by atoms with E-state index in [4.69, 9.17) is 4.74 Å². The Hall–Kier alpha value is -0.960. The molecule has 1 saturated heterocycles. The van der Waals surface area contributed by atoms with Crippen LogP contribution in [0.4, 0.5) is 0 Å². The smallest absolute Gasteiger partial charge is 0.227 e. The fourth-order valence-corrected chi connectivity index (χ4v) is 5.94. The van der Waals surface area contributed by atoms with Crippen molar-refractivity contribution in [3.63, 3.8) is 0 Å². The maximum absolute atomic E-state index is 12.8. The Morgan fingerprint density at radius 3 is 2.63 bits per heavy atom. The highest BCUT2D eigenvalue weighted by molar-refractivity contribution is 7.91. The molecule has 0 amide bonds. The zero-order valence-corrected chi connectivity index (χ0v) is 17.7. The summed E-state index contributed by atoms with van der Waals surface area (Å²) in [5, 5.41) is 0.223. The Balaban J connectivity index is 1.73. The van der Waals surface area contributed by atoms with E-state index < -0.39 is 9.84 Å². The SMILES string of the molecule is CCN(CC)[C@H]1CCN(Cc2cnc(S(=O)(=O)CC3CC3)n2CCOC)C1. The van der Waals surface area contributed by atoms with Gasteiger partial charge in [-0.05, 0) is 38.3 Å². The van der Waals surface area contributed by atoms with Crippen LogP contribution in [0.5, 0.6) is 0 Å². The van der Waals surface area contributed by atoms with Crippen LogP contribution in [-0.2, 0) is 27.7 Å². The first-order chi connectivity index (χ1) is 13.0. The normalized spacial score (nSPS) is 21.4. The van der Waals surface area contributed by atoms with Crippen LogP contribution in [0.15, 0.2) is 11.4 Å². The molecule has 1 saturated carbocycles. The molecule has 0 spiro atoms. The summed E-state index contributed by atoms with van der Waals surface area (Å²) in [6.45, 7) is 10.4. The molecular formula is C19H34N4O3S. The first kappa shape index (κ1) is 20.8. The molecule has 2 aliphatic rings. The molecule has 154 valence electrons. The van der Waals surface area contributed by atoms with Gasteiger partial charge in [-0.3, -0.25) is 9.80 Å². The van der Waals surface area contributed by atoms with Crippen molar-refractivity contribution in [2.45, 2.75) is 57.4 Å². The van der Waals surface area contributed by atoms with Crippen molar-refractivity contribution in [1.29, 1.82) is 0 Å². The van der Waals surface area contributed by atoms with Gasteiger partial charge in [-0.1, -0.05) is 13.8 Å². The lowest BCUT2D eigenvalue weighted by Crippen LogP contribution is -2.37. The Bertz CT molecular complexity index is 711. The standard InChI is InChI=1S/C19H34N4O3S/c1-4-22(5-2)17-8-9-21(13-17)14-18-12-20-19(23(18)10-11-26-3)27(24,25)15-16-6-7-16/h12,16-17H,4-11,13-15H2,1-3H3/t17-/m0/s1. The van der Waals surface area contributed by atoms with E-state index in [1.807, 2.05) is 4.57 Å². The van der Waals surface area contributed by atoms with Crippen molar-refractivity contribution in [3.05, 3.63) is 11.9 Å². The molecule has 8 heteroatoms. The largest absolute Gasteiger partial charge is 0.383 e. The number of rotatable bonds is 11. The fourth-order valence-electron chi connectivity index (χ4n) is 4.08. The van der Waals surface area contributed by atoms with Gasteiger partial charge in [0.2, 0.25) is 15.0 Å². The van der Waals surface area contributed by atoms with Crippen molar-refractivity contribution in [3.8, 4) is 0 Å². The fraction of sp³-hybridized carbons (Fsp3) is 0.842. The molecule has 0 N–H and O–H groups in total. The molecular weight excluding hydrogens is 364 g/mol. The number of imidazole rings is 1. The summed E-state index contributed by atoms with van der Waals surface area (Å²) in [5.74, 6) is 0.545. The predicted octanol–water partition coefficient (Wildman–Crippen LogP) is 1.63. The predicted molar refractivity (Wildman–Crippen MR) is 105 cm³/mol. The summed E-state index contributed by atoms with van der Waals surface area (Å²) in [4.78, 5) is 9.26. The molecule has 1 aliphatic heterocycles. The van der Waals surface area contributed by atoms with Crippen LogP contribution in [0.3, 0.4) is 0 Å². The third kappa shape index (κ3) is 5.10. The number of methoxy groups -OCH3 is 1. The summed E-state index contributed by atoms with van der Waals surface area (Å²) in [6.07, 6.45) is 4.96. The zero-order valence-electron chi connectivity index (χ0n) is 16.9. The third-order valence-electron chi connectivity index (χ3n) is 5.81. The molecule has 7 nitrogen and oxygen atoms in total. The van der Waals surface area contributed by atoms with Gasteiger partial charge in [-0.2, -0.15) is 0 Å². The molecule has 3 rings (SSSR count). The van der Waals surface area contributed by atoms with Crippen LogP contribution >= 0.6 is 0 Å². The highest BCUT2D eigenvalue weighted by Gasteiger charge is 2.33. The van der Waals surface area contributed by atoms with Crippen LogP contribution in [0.2, 0.25) is 0 Å². The maximum Gasteiger partial charge on any atom is 0.227 e. The number of nitrogens with zero attached hydrogens (tertiary/aromatic N) is 4. The number of likely N-dealkylation sites (tertiary alicyclic amines) is 1. The highest BCUT2D eigenvalue weighted by Crippen LogP contribution is 2.32. The molecule has 2 heterocycles. The van der Waals surface area contributed by atoms with Crippen LogP contribution in [0, 0.1) is 5.92 Å². The van der Waals surface area contributed by atoms with Crippen molar-refractivity contribution < 1.29 is 13.2 Å². The van der Waals surface area contributed by atoms with Crippen molar-refractivity contribution in [1.82, 2.24) is 19.4 Å². The lowest BCUT2D eigenvalue weighted by Gasteiger charge is -2.26. The highest BCUT2D eigenvalue weighted by atomic mass is 32.2. The van der Waals surface area contributed by atoms with Gasteiger partial charge in [0.05, 0.1) is 24.3 Å². The van der Waals surface area contributed by atoms with Gasteiger partial charge in [0.1, 0.15) is 0 Å². The van der Waals surface area contributed by atoms with Crippen molar-refractivity contribution in [2.24, 2.45) is 5.92 Å². The van der Waals surface area contributed by atoms with E-state index in [0.29, 0.717) is 25.1 Å². The van der Waals surface area contributed by atoms with Crippen LogP contribution in [-0.4, -0.2) is 79.5 Å². The lowest BCUT2D eigenvalue weighted by atomic mass is 10.2.